The zero-order valence-electron chi connectivity index (χ0n) is 22.3. The van der Waals surface area contributed by atoms with Crippen molar-refractivity contribution in [1.29, 1.82) is 0 Å². The number of aromatic amines is 1. The van der Waals surface area contributed by atoms with Crippen LogP contribution in [0.5, 0.6) is 5.75 Å². The number of carbonyl (C=O) groups is 2. The number of fused-ring (bicyclic) bond motifs is 1. The van der Waals surface area contributed by atoms with Crippen LogP contribution in [0.2, 0.25) is 0 Å². The van der Waals surface area contributed by atoms with Gasteiger partial charge in [0.2, 0.25) is 0 Å². The van der Waals surface area contributed by atoms with E-state index in [1.54, 1.807) is 6.07 Å². The molecule has 0 saturated carbocycles. The van der Waals surface area contributed by atoms with Gasteiger partial charge in [-0.1, -0.05) is 56.7 Å². The van der Waals surface area contributed by atoms with Crippen LogP contribution in [-0.2, 0) is 15.0 Å². The fraction of sp³-hybridized carbons (Fsp3) is 0.250. The minimum absolute atomic E-state index is 0.0596. The molecule has 194 valence electrons. The number of nitrogens with one attached hydrogen (secondary N) is 1. The van der Waals surface area contributed by atoms with E-state index in [9.17, 15) is 14.7 Å². The SMILES string of the molecule is CCOc1ccc(/C(O)=C2\C(=O)C(=O)N(c3ccc(C)cc3)C2c2c[nH]c3ccccc23)cc1C(C)(C)C. The summed E-state index contributed by atoms with van der Waals surface area (Å²) in [6.07, 6.45) is 1.81. The van der Waals surface area contributed by atoms with Gasteiger partial charge in [-0.25, -0.2) is 0 Å². The van der Waals surface area contributed by atoms with Crippen molar-refractivity contribution in [3.63, 3.8) is 0 Å². The van der Waals surface area contributed by atoms with Crippen LogP contribution in [0.1, 0.15) is 56.0 Å². The van der Waals surface area contributed by atoms with Crippen molar-refractivity contribution in [1.82, 2.24) is 4.98 Å². The second-order valence-corrected chi connectivity index (χ2v) is 10.7. The number of H-pyrrole nitrogens is 1. The molecule has 5 rings (SSSR count). The third-order valence-electron chi connectivity index (χ3n) is 7.03. The second kappa shape index (κ2) is 9.53. The quantitative estimate of drug-likeness (QED) is 0.176. The number of aryl methyl sites for hydroxylation is 1. The van der Waals surface area contributed by atoms with Crippen LogP contribution in [0, 0.1) is 6.92 Å². The standard InChI is InChI=1S/C32H32N2O4/c1-6-38-26-16-13-20(17-24(26)32(3,4)5)29(35)27-28(23-18-33-25-10-8-7-9-22(23)25)34(31(37)30(27)36)21-14-11-19(2)12-15-21/h7-18,28,33,35H,6H2,1-5H3/b29-27+. The molecule has 1 fully saturated rings. The number of nitrogens with zero attached hydrogens (tertiary/aromatic N) is 1. The molecule has 6 nitrogen and oxygen atoms in total. The summed E-state index contributed by atoms with van der Waals surface area (Å²) in [5, 5.41) is 12.6. The normalized spacial score (nSPS) is 17.4. The number of aliphatic hydroxyl groups is 1. The van der Waals surface area contributed by atoms with E-state index < -0.39 is 17.7 Å². The van der Waals surface area contributed by atoms with Crippen LogP contribution >= 0.6 is 0 Å². The topological polar surface area (TPSA) is 82.6 Å². The molecular weight excluding hydrogens is 476 g/mol. The lowest BCUT2D eigenvalue weighted by atomic mass is 9.84. The summed E-state index contributed by atoms with van der Waals surface area (Å²) in [5.41, 5.74) is 4.41. The first-order chi connectivity index (χ1) is 18.1. The number of aliphatic hydroxyl groups excluding tert-OH is 1. The highest BCUT2D eigenvalue weighted by Crippen LogP contribution is 2.45. The van der Waals surface area contributed by atoms with E-state index in [0.29, 0.717) is 17.9 Å². The van der Waals surface area contributed by atoms with Gasteiger partial charge in [0.15, 0.2) is 0 Å². The van der Waals surface area contributed by atoms with Crippen LogP contribution in [0.4, 0.5) is 5.69 Å². The number of ketones is 1. The largest absolute Gasteiger partial charge is 0.507 e. The van der Waals surface area contributed by atoms with E-state index in [4.69, 9.17) is 4.74 Å². The van der Waals surface area contributed by atoms with Crippen LogP contribution in [0.15, 0.2) is 78.5 Å². The third kappa shape index (κ3) is 4.26. The Hall–Kier alpha value is -4.32. The summed E-state index contributed by atoms with van der Waals surface area (Å²) in [5.74, 6) is -0.871. The number of rotatable bonds is 5. The van der Waals surface area contributed by atoms with Crippen molar-refractivity contribution in [2.75, 3.05) is 11.5 Å². The average Bonchev–Trinajstić information content (AvgIpc) is 3.42. The van der Waals surface area contributed by atoms with E-state index >= 15 is 0 Å². The number of para-hydroxylation sites is 1. The van der Waals surface area contributed by atoms with Crippen molar-refractivity contribution < 1.29 is 19.4 Å². The van der Waals surface area contributed by atoms with Gasteiger partial charge in [-0.15, -0.1) is 0 Å². The number of hydrogen-bond donors (Lipinski definition) is 2. The minimum Gasteiger partial charge on any atom is -0.507 e. The van der Waals surface area contributed by atoms with Crippen molar-refractivity contribution in [2.24, 2.45) is 0 Å². The van der Waals surface area contributed by atoms with Crippen molar-refractivity contribution in [3.8, 4) is 5.75 Å². The predicted octanol–water partition coefficient (Wildman–Crippen LogP) is 6.80. The number of hydrogen-bond acceptors (Lipinski definition) is 4. The van der Waals surface area contributed by atoms with Gasteiger partial charge in [0.25, 0.3) is 11.7 Å². The molecule has 1 aromatic heterocycles. The van der Waals surface area contributed by atoms with Crippen molar-refractivity contribution >= 4 is 34.0 Å². The molecule has 3 aromatic carbocycles. The molecule has 4 aromatic rings. The zero-order valence-corrected chi connectivity index (χ0v) is 22.3. The molecule has 2 heterocycles. The van der Waals surface area contributed by atoms with Crippen molar-refractivity contribution in [2.45, 2.75) is 46.1 Å². The monoisotopic (exact) mass is 508 g/mol. The molecule has 1 atom stereocenters. The van der Waals surface area contributed by atoms with E-state index in [0.717, 1.165) is 33.3 Å². The lowest BCUT2D eigenvalue weighted by Crippen LogP contribution is -2.29. The van der Waals surface area contributed by atoms with Gasteiger partial charge in [-0.2, -0.15) is 0 Å². The summed E-state index contributed by atoms with van der Waals surface area (Å²) in [6, 6.07) is 19.8. The summed E-state index contributed by atoms with van der Waals surface area (Å²) in [7, 11) is 0. The van der Waals surface area contributed by atoms with Crippen LogP contribution in [0.25, 0.3) is 16.7 Å². The van der Waals surface area contributed by atoms with Crippen molar-refractivity contribution in [3.05, 3.63) is 101 Å². The molecule has 2 N–H and O–H groups in total. The predicted molar refractivity (Wildman–Crippen MR) is 151 cm³/mol. The molecule has 0 spiro atoms. The number of benzene rings is 3. The smallest absolute Gasteiger partial charge is 0.300 e. The molecule has 38 heavy (non-hydrogen) atoms. The van der Waals surface area contributed by atoms with Gasteiger partial charge in [-0.3, -0.25) is 14.5 Å². The molecule has 1 amide bonds. The summed E-state index contributed by atoms with van der Waals surface area (Å²) in [4.78, 5) is 31.9. The average molecular weight is 509 g/mol. The number of carbonyl (C=O) groups excluding carboxylic acids is 2. The van der Waals surface area contributed by atoms with E-state index in [-0.39, 0.29) is 16.7 Å². The molecule has 6 heteroatoms. The third-order valence-corrected chi connectivity index (χ3v) is 7.03. The number of aromatic nitrogens is 1. The van der Waals surface area contributed by atoms with Gasteiger partial charge >= 0.3 is 0 Å². The second-order valence-electron chi connectivity index (χ2n) is 10.7. The molecule has 0 aliphatic carbocycles. The van der Waals surface area contributed by atoms with Gasteiger partial charge in [0, 0.05) is 39.5 Å². The van der Waals surface area contributed by atoms with Gasteiger partial charge < -0.3 is 14.8 Å². The highest BCUT2D eigenvalue weighted by atomic mass is 16.5. The minimum atomic E-state index is -0.807. The molecular formula is C32H32N2O4. The van der Waals surface area contributed by atoms with Crippen LogP contribution in [-0.4, -0.2) is 28.4 Å². The number of amides is 1. The Morgan fingerprint density at radius 3 is 2.42 bits per heavy atom. The Balaban J connectivity index is 1.76. The van der Waals surface area contributed by atoms with Crippen LogP contribution in [0.3, 0.4) is 0 Å². The Bertz CT molecular complexity index is 1570. The van der Waals surface area contributed by atoms with Gasteiger partial charge in [-0.05, 0) is 55.7 Å². The molecule has 1 aliphatic rings. The Morgan fingerprint density at radius 2 is 1.74 bits per heavy atom. The molecule has 0 bridgehead atoms. The molecule has 1 unspecified atom stereocenters. The first-order valence-electron chi connectivity index (χ1n) is 12.8. The maximum atomic E-state index is 13.6. The molecule has 1 saturated heterocycles. The highest BCUT2D eigenvalue weighted by molar-refractivity contribution is 6.51. The number of Topliss-reactive ketones (excluding diaryl/α,β-unsaturated/α-hetero) is 1. The maximum Gasteiger partial charge on any atom is 0.300 e. The van der Waals surface area contributed by atoms with Gasteiger partial charge in [0.05, 0.1) is 18.2 Å². The summed E-state index contributed by atoms with van der Waals surface area (Å²) < 4.78 is 5.84. The Kier molecular flexibility index (Phi) is 6.35. The lowest BCUT2D eigenvalue weighted by Gasteiger charge is -2.26. The maximum absolute atomic E-state index is 13.6. The van der Waals surface area contributed by atoms with E-state index in [2.05, 4.69) is 25.8 Å². The molecule has 0 radical (unpaired) electrons. The summed E-state index contributed by atoms with van der Waals surface area (Å²) in [6.45, 7) is 10.6. The van der Waals surface area contributed by atoms with Gasteiger partial charge in [0.1, 0.15) is 11.5 Å². The first-order valence-corrected chi connectivity index (χ1v) is 12.8. The summed E-state index contributed by atoms with van der Waals surface area (Å²) >= 11 is 0. The highest BCUT2D eigenvalue weighted by Gasteiger charge is 2.47. The Labute approximate surface area is 222 Å². The van der Waals surface area contributed by atoms with Crippen LogP contribution < -0.4 is 9.64 Å². The fourth-order valence-corrected chi connectivity index (χ4v) is 5.12. The molecule has 1 aliphatic heterocycles. The zero-order chi connectivity index (χ0) is 27.2. The Morgan fingerprint density at radius 1 is 1.03 bits per heavy atom. The fourth-order valence-electron chi connectivity index (χ4n) is 5.12. The number of anilines is 1. The number of ether oxygens (including phenoxy) is 1. The lowest BCUT2D eigenvalue weighted by molar-refractivity contribution is -0.132. The van der Waals surface area contributed by atoms with E-state index in [1.165, 1.54) is 4.90 Å². The first kappa shape index (κ1) is 25.3. The van der Waals surface area contributed by atoms with E-state index in [1.807, 2.05) is 80.7 Å².